The number of halogens is 3. The Bertz CT molecular complexity index is 1300. The van der Waals surface area contributed by atoms with Crippen LogP contribution in [0.2, 0.25) is 5.02 Å². The second-order valence-electron chi connectivity index (χ2n) is 7.61. The SMILES string of the molecule is Cc1nc(OCc2ccc(F)cc2F)c(Cl)c(=O)n1Cc1ccc2c(c1)CCN2C(=O)CO. The lowest BCUT2D eigenvalue weighted by Crippen LogP contribution is -2.31. The zero-order valence-electron chi connectivity index (χ0n) is 17.6. The summed E-state index contributed by atoms with van der Waals surface area (Å²) in [6, 6.07) is 8.58. The molecule has 4 rings (SSSR count). The Hall–Kier alpha value is -3.30. The van der Waals surface area contributed by atoms with Gasteiger partial charge in [0.25, 0.3) is 11.5 Å². The number of fused-ring (bicyclic) bond motifs is 1. The number of benzene rings is 2. The normalized spacial score (nSPS) is 12.7. The number of anilines is 1. The Balaban J connectivity index is 1.54. The number of ether oxygens (including phenoxy) is 1. The summed E-state index contributed by atoms with van der Waals surface area (Å²) in [6.45, 7) is 1.49. The fraction of sp³-hybridized carbons (Fsp3) is 0.261. The summed E-state index contributed by atoms with van der Waals surface area (Å²) in [4.78, 5) is 30.5. The van der Waals surface area contributed by atoms with E-state index in [4.69, 9.17) is 21.4 Å². The van der Waals surface area contributed by atoms with Crippen LogP contribution in [-0.2, 0) is 24.4 Å². The molecule has 2 heterocycles. The Labute approximate surface area is 192 Å². The molecule has 0 bridgehead atoms. The predicted octanol–water partition coefficient (Wildman–Crippen LogP) is 2.99. The third-order valence-corrected chi connectivity index (χ3v) is 5.79. The summed E-state index contributed by atoms with van der Waals surface area (Å²) in [5.41, 5.74) is 2.09. The van der Waals surface area contributed by atoms with Crippen molar-refractivity contribution in [2.45, 2.75) is 26.5 Å². The summed E-state index contributed by atoms with van der Waals surface area (Å²) in [5.74, 6) is -1.62. The fourth-order valence-electron chi connectivity index (χ4n) is 3.76. The molecule has 33 heavy (non-hydrogen) atoms. The summed E-state index contributed by atoms with van der Waals surface area (Å²) >= 11 is 6.19. The van der Waals surface area contributed by atoms with Crippen molar-refractivity contribution in [1.82, 2.24) is 9.55 Å². The quantitative estimate of drug-likeness (QED) is 0.592. The van der Waals surface area contributed by atoms with E-state index in [9.17, 15) is 18.4 Å². The Morgan fingerprint density at radius 2 is 2.03 bits per heavy atom. The van der Waals surface area contributed by atoms with Crippen LogP contribution in [-0.4, -0.2) is 33.7 Å². The molecule has 1 aliphatic heterocycles. The zero-order chi connectivity index (χ0) is 23.7. The maximum Gasteiger partial charge on any atom is 0.276 e. The zero-order valence-corrected chi connectivity index (χ0v) is 18.4. The monoisotopic (exact) mass is 475 g/mol. The minimum Gasteiger partial charge on any atom is -0.471 e. The van der Waals surface area contributed by atoms with E-state index in [-0.39, 0.29) is 35.5 Å². The van der Waals surface area contributed by atoms with Gasteiger partial charge < -0.3 is 14.7 Å². The van der Waals surface area contributed by atoms with Crippen LogP contribution in [0.3, 0.4) is 0 Å². The van der Waals surface area contributed by atoms with Gasteiger partial charge in [-0.05, 0) is 42.7 Å². The first-order valence-electron chi connectivity index (χ1n) is 10.1. The molecule has 0 saturated carbocycles. The molecule has 1 aromatic heterocycles. The molecule has 10 heteroatoms. The average Bonchev–Trinajstić information content (AvgIpc) is 3.22. The van der Waals surface area contributed by atoms with Crippen molar-refractivity contribution in [2.24, 2.45) is 0 Å². The van der Waals surface area contributed by atoms with Crippen LogP contribution in [0.4, 0.5) is 14.5 Å². The maximum atomic E-state index is 13.8. The van der Waals surface area contributed by atoms with Crippen molar-refractivity contribution < 1.29 is 23.4 Å². The molecule has 0 atom stereocenters. The number of nitrogens with zero attached hydrogens (tertiary/aromatic N) is 3. The molecule has 2 aromatic carbocycles. The summed E-state index contributed by atoms with van der Waals surface area (Å²) in [6.07, 6.45) is 0.647. The molecule has 172 valence electrons. The second kappa shape index (κ2) is 9.29. The topological polar surface area (TPSA) is 84.7 Å². The van der Waals surface area contributed by atoms with Crippen molar-refractivity contribution in [3.63, 3.8) is 0 Å². The average molecular weight is 476 g/mol. The Morgan fingerprint density at radius 1 is 1.24 bits per heavy atom. The van der Waals surface area contributed by atoms with Gasteiger partial charge in [-0.1, -0.05) is 23.7 Å². The lowest BCUT2D eigenvalue weighted by atomic mass is 10.1. The molecule has 0 fully saturated rings. The third kappa shape index (κ3) is 4.60. The van der Waals surface area contributed by atoms with Crippen molar-refractivity contribution in [3.8, 4) is 5.88 Å². The number of amides is 1. The Morgan fingerprint density at radius 3 is 2.76 bits per heavy atom. The van der Waals surface area contributed by atoms with Gasteiger partial charge in [0.15, 0.2) is 5.02 Å². The molecule has 0 radical (unpaired) electrons. The molecule has 7 nitrogen and oxygen atoms in total. The van der Waals surface area contributed by atoms with E-state index in [0.717, 1.165) is 28.9 Å². The van der Waals surface area contributed by atoms with Crippen LogP contribution in [0.25, 0.3) is 0 Å². The number of aliphatic hydroxyl groups is 1. The molecule has 0 unspecified atom stereocenters. The molecule has 1 N–H and O–H groups in total. The van der Waals surface area contributed by atoms with Gasteiger partial charge in [-0.25, -0.2) is 8.78 Å². The number of aryl methyl sites for hydroxylation is 1. The van der Waals surface area contributed by atoms with E-state index in [1.165, 1.54) is 15.5 Å². The van der Waals surface area contributed by atoms with Crippen LogP contribution in [0, 0.1) is 18.6 Å². The first-order valence-corrected chi connectivity index (χ1v) is 10.5. The molecule has 3 aromatic rings. The maximum absolute atomic E-state index is 13.8. The molecular formula is C23H20ClF2N3O4. The smallest absolute Gasteiger partial charge is 0.276 e. The highest BCUT2D eigenvalue weighted by Gasteiger charge is 2.24. The summed E-state index contributed by atoms with van der Waals surface area (Å²) in [5, 5.41) is 8.87. The molecule has 0 spiro atoms. The van der Waals surface area contributed by atoms with Gasteiger partial charge in [-0.15, -0.1) is 0 Å². The van der Waals surface area contributed by atoms with Gasteiger partial charge in [0.05, 0.1) is 6.54 Å². The van der Waals surface area contributed by atoms with Crippen molar-refractivity contribution >= 4 is 23.2 Å². The summed E-state index contributed by atoms with van der Waals surface area (Å²) < 4.78 is 33.7. The van der Waals surface area contributed by atoms with Gasteiger partial charge in [-0.3, -0.25) is 14.2 Å². The van der Waals surface area contributed by atoms with E-state index in [1.807, 2.05) is 6.07 Å². The Kier molecular flexibility index (Phi) is 6.44. The highest BCUT2D eigenvalue weighted by molar-refractivity contribution is 6.31. The molecular weight excluding hydrogens is 456 g/mol. The van der Waals surface area contributed by atoms with Gasteiger partial charge in [0.1, 0.15) is 30.7 Å². The predicted molar refractivity (Wildman–Crippen MR) is 118 cm³/mol. The molecule has 1 amide bonds. The fourth-order valence-corrected chi connectivity index (χ4v) is 3.96. The molecule has 0 saturated heterocycles. The second-order valence-corrected chi connectivity index (χ2v) is 7.99. The number of hydrogen-bond donors (Lipinski definition) is 1. The van der Waals surface area contributed by atoms with Crippen molar-refractivity contribution in [3.05, 3.63) is 85.9 Å². The number of aromatic nitrogens is 2. The summed E-state index contributed by atoms with van der Waals surface area (Å²) in [7, 11) is 0. The van der Waals surface area contributed by atoms with Gasteiger partial charge in [0.2, 0.25) is 5.88 Å². The highest BCUT2D eigenvalue weighted by atomic mass is 35.5. The minimum atomic E-state index is -0.771. The van der Waals surface area contributed by atoms with Crippen molar-refractivity contribution in [1.29, 1.82) is 0 Å². The number of aliphatic hydroxyl groups excluding tert-OH is 1. The number of carbonyl (C=O) groups excluding carboxylic acids is 1. The number of carbonyl (C=O) groups is 1. The van der Waals surface area contributed by atoms with E-state index >= 15 is 0 Å². The van der Waals surface area contributed by atoms with Crippen LogP contribution in [0.5, 0.6) is 5.88 Å². The van der Waals surface area contributed by atoms with E-state index < -0.39 is 23.8 Å². The molecule has 1 aliphatic rings. The number of rotatable bonds is 6. The van der Waals surface area contributed by atoms with E-state index in [2.05, 4.69) is 4.98 Å². The lowest BCUT2D eigenvalue weighted by molar-refractivity contribution is -0.121. The first-order chi connectivity index (χ1) is 15.8. The number of hydrogen-bond acceptors (Lipinski definition) is 5. The molecule has 0 aliphatic carbocycles. The van der Waals surface area contributed by atoms with Crippen LogP contribution in [0.1, 0.15) is 22.5 Å². The van der Waals surface area contributed by atoms with E-state index in [1.54, 1.807) is 19.1 Å². The minimum absolute atomic E-state index is 0.1000. The van der Waals surface area contributed by atoms with Crippen LogP contribution < -0.4 is 15.2 Å². The van der Waals surface area contributed by atoms with Crippen LogP contribution in [0.15, 0.2) is 41.2 Å². The lowest BCUT2D eigenvalue weighted by Gasteiger charge is -2.17. The van der Waals surface area contributed by atoms with Gasteiger partial charge >= 0.3 is 0 Å². The van der Waals surface area contributed by atoms with Gasteiger partial charge in [0, 0.05) is 23.9 Å². The van der Waals surface area contributed by atoms with Gasteiger partial charge in [-0.2, -0.15) is 4.98 Å². The van der Waals surface area contributed by atoms with E-state index in [0.29, 0.717) is 18.8 Å². The standard InChI is InChI=1S/C23H20ClF2N3O4/c1-13-27-22(33-12-16-3-4-17(25)9-18(16)26)21(24)23(32)29(13)10-14-2-5-19-15(8-14)6-7-28(19)20(31)11-30/h2-5,8-9,30H,6-7,10-12H2,1H3. The van der Waals surface area contributed by atoms with Crippen LogP contribution >= 0.6 is 11.6 Å². The van der Waals surface area contributed by atoms with Crippen molar-refractivity contribution in [2.75, 3.05) is 18.1 Å². The largest absolute Gasteiger partial charge is 0.471 e. The highest BCUT2D eigenvalue weighted by Crippen LogP contribution is 2.29. The third-order valence-electron chi connectivity index (χ3n) is 5.47. The first kappa shape index (κ1) is 22.9.